The van der Waals surface area contributed by atoms with Crippen LogP contribution in [0.5, 0.6) is 0 Å². The first kappa shape index (κ1) is 22.7. The van der Waals surface area contributed by atoms with Gasteiger partial charge in [0.1, 0.15) is 5.69 Å². The Hall–Kier alpha value is -2.60. The van der Waals surface area contributed by atoms with Crippen LogP contribution in [-0.4, -0.2) is 28.6 Å². The van der Waals surface area contributed by atoms with Crippen molar-refractivity contribution in [3.05, 3.63) is 57.9 Å². The average molecular weight is 401 g/mol. The number of carbonyl (C=O) groups is 2. The predicted molar refractivity (Wildman–Crippen MR) is 113 cm³/mol. The van der Waals surface area contributed by atoms with Crippen LogP contribution in [0.3, 0.4) is 0 Å². The zero-order valence-corrected chi connectivity index (χ0v) is 18.1. The van der Waals surface area contributed by atoms with E-state index in [1.807, 2.05) is 19.1 Å². The minimum atomic E-state index is -0.691. The molecule has 2 rings (SSSR count). The number of carbonyl (C=O) groups excluding carboxylic acids is 2. The topological polar surface area (TPSA) is 91.4 Å². The molecule has 6 heteroatoms. The number of aliphatic hydroxyl groups is 1. The molecule has 0 aliphatic carbocycles. The van der Waals surface area contributed by atoms with Gasteiger partial charge in [0.25, 0.3) is 5.91 Å². The smallest absolute Gasteiger partial charge is 0.355 e. The largest absolute Gasteiger partial charge is 0.451 e. The summed E-state index contributed by atoms with van der Waals surface area (Å²) in [4.78, 5) is 27.5. The number of amides is 1. The van der Waals surface area contributed by atoms with Gasteiger partial charge in [0, 0.05) is 11.3 Å². The zero-order valence-electron chi connectivity index (χ0n) is 18.1. The standard InChI is InChI=1S/C23H32N2O4/c1-13(2)11-18-7-9-19(10-8-18)15(4)24-20(27)12-29-23(28)22-14(3)21(17(6)26)16(5)25-22/h7-10,13,15,17,25-26H,11-12H2,1-6H3,(H,24,27)/t15-,17-/m0/s1. The number of aryl methyl sites for hydroxylation is 1. The Morgan fingerprint density at radius 1 is 1.10 bits per heavy atom. The van der Waals surface area contributed by atoms with E-state index in [4.69, 9.17) is 4.74 Å². The summed E-state index contributed by atoms with van der Waals surface area (Å²) in [5, 5.41) is 12.7. The first-order chi connectivity index (χ1) is 13.6. The lowest BCUT2D eigenvalue weighted by Crippen LogP contribution is -2.31. The van der Waals surface area contributed by atoms with Crippen molar-refractivity contribution >= 4 is 11.9 Å². The Morgan fingerprint density at radius 2 is 1.72 bits per heavy atom. The van der Waals surface area contributed by atoms with Gasteiger partial charge in [0.2, 0.25) is 0 Å². The highest BCUT2D eigenvalue weighted by Crippen LogP contribution is 2.24. The number of nitrogens with one attached hydrogen (secondary N) is 2. The molecule has 1 heterocycles. The summed E-state index contributed by atoms with van der Waals surface area (Å²) in [6.07, 6.45) is 0.328. The molecule has 0 fully saturated rings. The molecule has 0 saturated carbocycles. The van der Waals surface area contributed by atoms with Gasteiger partial charge in [-0.1, -0.05) is 38.1 Å². The van der Waals surface area contributed by atoms with E-state index >= 15 is 0 Å². The molecule has 0 radical (unpaired) electrons. The van der Waals surface area contributed by atoms with Crippen molar-refractivity contribution in [3.63, 3.8) is 0 Å². The van der Waals surface area contributed by atoms with Crippen LogP contribution in [0.2, 0.25) is 0 Å². The SMILES string of the molecule is Cc1[nH]c(C(=O)OCC(=O)N[C@@H](C)c2ccc(CC(C)C)cc2)c(C)c1[C@H](C)O. The number of esters is 1. The van der Waals surface area contributed by atoms with Gasteiger partial charge in [-0.25, -0.2) is 4.79 Å². The summed E-state index contributed by atoms with van der Waals surface area (Å²) in [6.45, 7) is 11.1. The molecule has 29 heavy (non-hydrogen) atoms. The molecule has 0 spiro atoms. The first-order valence-electron chi connectivity index (χ1n) is 10.0. The van der Waals surface area contributed by atoms with E-state index in [-0.39, 0.29) is 24.2 Å². The van der Waals surface area contributed by atoms with E-state index in [9.17, 15) is 14.7 Å². The molecular weight excluding hydrogens is 368 g/mol. The Labute approximate surface area is 172 Å². The highest BCUT2D eigenvalue weighted by Gasteiger charge is 2.22. The van der Waals surface area contributed by atoms with Crippen LogP contribution < -0.4 is 5.32 Å². The van der Waals surface area contributed by atoms with Gasteiger partial charge in [-0.3, -0.25) is 4.79 Å². The lowest BCUT2D eigenvalue weighted by molar-refractivity contribution is -0.124. The summed E-state index contributed by atoms with van der Waals surface area (Å²) in [6, 6.07) is 7.99. The molecule has 1 aromatic heterocycles. The number of rotatable bonds is 8. The maximum atomic E-state index is 12.3. The number of aliphatic hydroxyl groups excluding tert-OH is 1. The third-order valence-electron chi connectivity index (χ3n) is 4.95. The van der Waals surface area contributed by atoms with Crippen LogP contribution in [0.25, 0.3) is 0 Å². The van der Waals surface area contributed by atoms with Crippen LogP contribution in [0.1, 0.15) is 78.3 Å². The maximum absolute atomic E-state index is 12.3. The zero-order chi connectivity index (χ0) is 21.7. The first-order valence-corrected chi connectivity index (χ1v) is 10.0. The monoisotopic (exact) mass is 400 g/mol. The minimum absolute atomic E-state index is 0.189. The number of hydrogen-bond donors (Lipinski definition) is 3. The fourth-order valence-corrected chi connectivity index (χ4v) is 3.58. The Balaban J connectivity index is 1.91. The number of aromatic nitrogens is 1. The molecule has 3 N–H and O–H groups in total. The minimum Gasteiger partial charge on any atom is -0.451 e. The van der Waals surface area contributed by atoms with E-state index in [1.165, 1.54) is 5.56 Å². The van der Waals surface area contributed by atoms with Crippen molar-refractivity contribution in [1.29, 1.82) is 0 Å². The van der Waals surface area contributed by atoms with Crippen LogP contribution in [0, 0.1) is 19.8 Å². The highest BCUT2D eigenvalue weighted by atomic mass is 16.5. The van der Waals surface area contributed by atoms with Gasteiger partial charge in [0.15, 0.2) is 6.61 Å². The van der Waals surface area contributed by atoms with Gasteiger partial charge >= 0.3 is 5.97 Å². The Morgan fingerprint density at radius 3 is 2.24 bits per heavy atom. The Bertz CT molecular complexity index is 851. The van der Waals surface area contributed by atoms with Crippen molar-refractivity contribution in [3.8, 4) is 0 Å². The third kappa shape index (κ3) is 5.94. The van der Waals surface area contributed by atoms with E-state index in [1.54, 1.807) is 20.8 Å². The number of hydrogen-bond acceptors (Lipinski definition) is 4. The van der Waals surface area contributed by atoms with Crippen molar-refractivity contribution < 1.29 is 19.4 Å². The Kier molecular flexibility index (Phi) is 7.62. The maximum Gasteiger partial charge on any atom is 0.355 e. The molecule has 2 aromatic rings. The number of ether oxygens (including phenoxy) is 1. The second-order valence-electron chi connectivity index (χ2n) is 8.04. The fourth-order valence-electron chi connectivity index (χ4n) is 3.58. The van der Waals surface area contributed by atoms with Crippen molar-refractivity contribution in [2.75, 3.05) is 6.61 Å². The second kappa shape index (κ2) is 9.74. The molecule has 0 aliphatic rings. The van der Waals surface area contributed by atoms with Crippen LogP contribution in [0.15, 0.2) is 24.3 Å². The van der Waals surface area contributed by atoms with E-state index < -0.39 is 12.1 Å². The number of H-pyrrole nitrogens is 1. The van der Waals surface area contributed by atoms with Gasteiger partial charge in [-0.05, 0) is 56.7 Å². The summed E-state index contributed by atoms with van der Waals surface area (Å²) in [5.74, 6) is -0.386. The predicted octanol–water partition coefficient (Wildman–Crippen LogP) is 3.92. The molecule has 0 aliphatic heterocycles. The van der Waals surface area contributed by atoms with Gasteiger partial charge in [0.05, 0.1) is 12.1 Å². The van der Waals surface area contributed by atoms with Crippen molar-refractivity contribution in [2.45, 2.75) is 60.1 Å². The number of aromatic amines is 1. The fraction of sp³-hybridized carbons (Fsp3) is 0.478. The van der Waals surface area contributed by atoms with Gasteiger partial charge in [-0.15, -0.1) is 0 Å². The molecule has 6 nitrogen and oxygen atoms in total. The third-order valence-corrected chi connectivity index (χ3v) is 4.95. The van der Waals surface area contributed by atoms with E-state index in [0.29, 0.717) is 22.7 Å². The molecule has 1 aromatic carbocycles. The van der Waals surface area contributed by atoms with Gasteiger partial charge < -0.3 is 20.1 Å². The van der Waals surface area contributed by atoms with Gasteiger partial charge in [-0.2, -0.15) is 0 Å². The van der Waals surface area contributed by atoms with Crippen LogP contribution in [0.4, 0.5) is 0 Å². The summed E-state index contributed by atoms with van der Waals surface area (Å²) >= 11 is 0. The van der Waals surface area contributed by atoms with Crippen LogP contribution in [-0.2, 0) is 16.0 Å². The average Bonchev–Trinajstić information content (AvgIpc) is 2.94. The van der Waals surface area contributed by atoms with E-state index in [2.05, 4.69) is 36.3 Å². The normalized spacial score (nSPS) is 13.2. The molecule has 0 unspecified atom stereocenters. The lowest BCUT2D eigenvalue weighted by Gasteiger charge is -2.15. The second-order valence-corrected chi connectivity index (χ2v) is 8.04. The number of benzene rings is 1. The molecule has 2 atom stereocenters. The van der Waals surface area contributed by atoms with Crippen LogP contribution >= 0.6 is 0 Å². The van der Waals surface area contributed by atoms with Crippen molar-refractivity contribution in [2.24, 2.45) is 5.92 Å². The summed E-state index contributed by atoms with van der Waals surface area (Å²) in [7, 11) is 0. The molecular formula is C23H32N2O4. The molecule has 0 bridgehead atoms. The summed E-state index contributed by atoms with van der Waals surface area (Å²) < 4.78 is 5.15. The highest BCUT2D eigenvalue weighted by molar-refractivity contribution is 5.91. The van der Waals surface area contributed by atoms with Crippen molar-refractivity contribution in [1.82, 2.24) is 10.3 Å². The summed E-state index contributed by atoms with van der Waals surface area (Å²) in [5.41, 5.74) is 4.55. The van der Waals surface area contributed by atoms with E-state index in [0.717, 1.165) is 12.0 Å². The molecule has 158 valence electrons. The lowest BCUT2D eigenvalue weighted by atomic mass is 10.00. The molecule has 1 amide bonds. The quantitative estimate of drug-likeness (QED) is 0.586. The molecule has 0 saturated heterocycles.